The van der Waals surface area contributed by atoms with Gasteiger partial charge in [0.25, 0.3) is 0 Å². The first kappa shape index (κ1) is 14.1. The van der Waals surface area contributed by atoms with Crippen molar-refractivity contribution in [3.63, 3.8) is 0 Å². The first-order chi connectivity index (χ1) is 8.65. The van der Waals surface area contributed by atoms with Crippen LogP contribution in [0.2, 0.25) is 0 Å². The number of hydrogen-bond donors (Lipinski definition) is 1. The Balaban J connectivity index is 1.85. The SMILES string of the molecule is Cc1ccccc1SCC(N)Cc1cc(Br)cs1. The summed E-state index contributed by atoms with van der Waals surface area (Å²) >= 11 is 7.09. The fourth-order valence-electron chi connectivity index (χ4n) is 1.69. The van der Waals surface area contributed by atoms with Crippen LogP contribution in [-0.2, 0) is 6.42 Å². The largest absolute Gasteiger partial charge is 0.327 e. The lowest BCUT2D eigenvalue weighted by Crippen LogP contribution is -2.25. The molecular weight excluding hydrogens is 326 g/mol. The third-order valence-corrected chi connectivity index (χ3v) is 5.72. The second-order valence-electron chi connectivity index (χ2n) is 4.27. The van der Waals surface area contributed by atoms with Gasteiger partial charge in [0, 0.05) is 31.4 Å². The minimum absolute atomic E-state index is 0.208. The molecule has 1 aromatic heterocycles. The molecule has 1 aromatic carbocycles. The minimum atomic E-state index is 0.208. The molecular formula is C14H16BrNS2. The number of thioether (sulfide) groups is 1. The third kappa shape index (κ3) is 4.12. The summed E-state index contributed by atoms with van der Waals surface area (Å²) in [5.41, 5.74) is 7.51. The quantitative estimate of drug-likeness (QED) is 0.811. The highest BCUT2D eigenvalue weighted by Gasteiger charge is 2.08. The van der Waals surface area contributed by atoms with E-state index in [-0.39, 0.29) is 6.04 Å². The topological polar surface area (TPSA) is 26.0 Å². The van der Waals surface area contributed by atoms with Gasteiger partial charge < -0.3 is 5.73 Å². The lowest BCUT2D eigenvalue weighted by atomic mass is 10.2. The Bertz CT molecular complexity index is 510. The second kappa shape index (κ2) is 6.75. The van der Waals surface area contributed by atoms with Crippen LogP contribution >= 0.6 is 39.0 Å². The van der Waals surface area contributed by atoms with Gasteiger partial charge in [-0.05, 0) is 47.0 Å². The van der Waals surface area contributed by atoms with E-state index >= 15 is 0 Å². The smallest absolute Gasteiger partial charge is 0.0285 e. The molecule has 0 saturated carbocycles. The van der Waals surface area contributed by atoms with Crippen molar-refractivity contribution in [3.05, 3.63) is 50.6 Å². The summed E-state index contributed by atoms with van der Waals surface area (Å²) in [5, 5.41) is 2.11. The summed E-state index contributed by atoms with van der Waals surface area (Å²) < 4.78 is 1.15. The van der Waals surface area contributed by atoms with Crippen molar-refractivity contribution in [2.45, 2.75) is 24.3 Å². The van der Waals surface area contributed by atoms with Crippen molar-refractivity contribution >= 4 is 39.0 Å². The van der Waals surface area contributed by atoms with Crippen molar-refractivity contribution in [2.75, 3.05) is 5.75 Å². The van der Waals surface area contributed by atoms with E-state index in [1.807, 2.05) is 11.8 Å². The fourth-order valence-corrected chi connectivity index (χ4v) is 4.22. The zero-order valence-corrected chi connectivity index (χ0v) is 13.4. The summed E-state index contributed by atoms with van der Waals surface area (Å²) in [7, 11) is 0. The fraction of sp³-hybridized carbons (Fsp3) is 0.286. The zero-order valence-electron chi connectivity index (χ0n) is 10.2. The van der Waals surface area contributed by atoms with Crippen LogP contribution in [0.1, 0.15) is 10.4 Å². The lowest BCUT2D eigenvalue weighted by Gasteiger charge is -2.11. The third-order valence-electron chi connectivity index (χ3n) is 2.63. The molecule has 0 spiro atoms. The highest BCUT2D eigenvalue weighted by atomic mass is 79.9. The average molecular weight is 342 g/mol. The van der Waals surface area contributed by atoms with Crippen molar-refractivity contribution in [1.82, 2.24) is 0 Å². The second-order valence-corrected chi connectivity index (χ2v) is 7.25. The first-order valence-corrected chi connectivity index (χ1v) is 8.48. The van der Waals surface area contributed by atoms with Gasteiger partial charge in [0.05, 0.1) is 0 Å². The number of rotatable bonds is 5. The van der Waals surface area contributed by atoms with Gasteiger partial charge in [-0.2, -0.15) is 0 Å². The Morgan fingerprint density at radius 3 is 2.83 bits per heavy atom. The van der Waals surface area contributed by atoms with Crippen LogP contribution < -0.4 is 5.73 Å². The Morgan fingerprint density at radius 1 is 1.39 bits per heavy atom. The highest BCUT2D eigenvalue weighted by Crippen LogP contribution is 2.24. The monoisotopic (exact) mass is 341 g/mol. The maximum absolute atomic E-state index is 6.18. The molecule has 0 amide bonds. The molecule has 0 saturated heterocycles. The Morgan fingerprint density at radius 2 is 2.17 bits per heavy atom. The van der Waals surface area contributed by atoms with Crippen LogP contribution in [0.5, 0.6) is 0 Å². The maximum Gasteiger partial charge on any atom is 0.0285 e. The Labute approximate surface area is 125 Å². The van der Waals surface area contributed by atoms with Crippen LogP contribution in [0, 0.1) is 6.92 Å². The molecule has 1 nitrogen and oxygen atoms in total. The van der Waals surface area contributed by atoms with Crippen molar-refractivity contribution in [2.24, 2.45) is 5.73 Å². The van der Waals surface area contributed by atoms with Gasteiger partial charge in [0.1, 0.15) is 0 Å². The molecule has 4 heteroatoms. The number of thiophene rings is 1. The predicted octanol–water partition coefficient (Wildman–Crippen LogP) is 4.48. The Hall–Kier alpha value is -0.290. The molecule has 0 radical (unpaired) electrons. The normalized spacial score (nSPS) is 12.6. The summed E-state index contributed by atoms with van der Waals surface area (Å²) in [5.74, 6) is 0.959. The number of hydrogen-bond acceptors (Lipinski definition) is 3. The van der Waals surface area contributed by atoms with E-state index in [9.17, 15) is 0 Å². The summed E-state index contributed by atoms with van der Waals surface area (Å²) in [6.07, 6.45) is 0.954. The summed E-state index contributed by atoms with van der Waals surface area (Å²) in [6.45, 7) is 2.14. The highest BCUT2D eigenvalue weighted by molar-refractivity contribution is 9.10. The van der Waals surface area contributed by atoms with E-state index in [0.717, 1.165) is 16.6 Å². The zero-order chi connectivity index (χ0) is 13.0. The molecule has 96 valence electrons. The van der Waals surface area contributed by atoms with Gasteiger partial charge in [-0.15, -0.1) is 23.1 Å². The first-order valence-electron chi connectivity index (χ1n) is 5.82. The van der Waals surface area contributed by atoms with E-state index < -0.39 is 0 Å². The van der Waals surface area contributed by atoms with Crippen LogP contribution in [-0.4, -0.2) is 11.8 Å². The molecule has 18 heavy (non-hydrogen) atoms. The molecule has 2 N–H and O–H groups in total. The molecule has 0 aliphatic carbocycles. The lowest BCUT2D eigenvalue weighted by molar-refractivity contribution is 0.757. The number of nitrogens with two attached hydrogens (primary N) is 1. The van der Waals surface area contributed by atoms with Crippen LogP contribution in [0.15, 0.2) is 45.1 Å². The maximum atomic E-state index is 6.18. The molecule has 1 heterocycles. The molecule has 2 rings (SSSR count). The average Bonchev–Trinajstić information content (AvgIpc) is 2.74. The minimum Gasteiger partial charge on any atom is -0.327 e. The molecule has 0 aliphatic heterocycles. The van der Waals surface area contributed by atoms with Crippen molar-refractivity contribution in [1.29, 1.82) is 0 Å². The molecule has 1 unspecified atom stereocenters. The van der Waals surface area contributed by atoms with Crippen LogP contribution in [0.4, 0.5) is 0 Å². The van der Waals surface area contributed by atoms with Crippen molar-refractivity contribution < 1.29 is 0 Å². The summed E-state index contributed by atoms with van der Waals surface area (Å²) in [4.78, 5) is 2.68. The number of halogens is 1. The van der Waals surface area contributed by atoms with E-state index in [2.05, 4.69) is 58.6 Å². The van der Waals surface area contributed by atoms with Crippen molar-refractivity contribution in [3.8, 4) is 0 Å². The Kier molecular flexibility index (Phi) is 5.30. The number of benzene rings is 1. The molecule has 0 aliphatic rings. The van der Waals surface area contributed by atoms with E-state index in [4.69, 9.17) is 5.73 Å². The number of aryl methyl sites for hydroxylation is 1. The van der Waals surface area contributed by atoms with Gasteiger partial charge in [-0.25, -0.2) is 0 Å². The van der Waals surface area contributed by atoms with Crippen LogP contribution in [0.25, 0.3) is 0 Å². The van der Waals surface area contributed by atoms with E-state index in [1.54, 1.807) is 11.3 Å². The van der Waals surface area contributed by atoms with E-state index in [1.165, 1.54) is 15.3 Å². The van der Waals surface area contributed by atoms with Gasteiger partial charge in [0.2, 0.25) is 0 Å². The van der Waals surface area contributed by atoms with Gasteiger partial charge in [0.15, 0.2) is 0 Å². The van der Waals surface area contributed by atoms with E-state index in [0.29, 0.717) is 0 Å². The standard InChI is InChI=1S/C14H16BrNS2/c1-10-4-2-3-5-14(10)18-9-12(16)7-13-6-11(15)8-17-13/h2-6,8,12H,7,9,16H2,1H3. The van der Waals surface area contributed by atoms with Gasteiger partial charge in [-0.1, -0.05) is 18.2 Å². The molecule has 1 atom stereocenters. The predicted molar refractivity (Wildman–Crippen MR) is 85.6 cm³/mol. The van der Waals surface area contributed by atoms with Crippen LogP contribution in [0.3, 0.4) is 0 Å². The van der Waals surface area contributed by atoms with Gasteiger partial charge >= 0.3 is 0 Å². The molecule has 2 aromatic rings. The summed E-state index contributed by atoms with van der Waals surface area (Å²) in [6, 6.07) is 10.8. The van der Waals surface area contributed by atoms with Gasteiger partial charge in [-0.3, -0.25) is 0 Å². The molecule has 0 fully saturated rings. The molecule has 0 bridgehead atoms.